The van der Waals surface area contributed by atoms with Gasteiger partial charge in [0.25, 0.3) is 5.91 Å². The van der Waals surface area contributed by atoms with E-state index in [2.05, 4.69) is 24.3 Å². The van der Waals surface area contributed by atoms with E-state index in [0.717, 1.165) is 16.7 Å². The summed E-state index contributed by atoms with van der Waals surface area (Å²) in [5, 5.41) is 0. The number of benzene rings is 4. The van der Waals surface area contributed by atoms with Crippen LogP contribution in [-0.2, 0) is 11.2 Å². The van der Waals surface area contributed by atoms with Crippen molar-refractivity contribution in [3.05, 3.63) is 132 Å². The van der Waals surface area contributed by atoms with E-state index in [1.54, 1.807) is 48.5 Å². The van der Waals surface area contributed by atoms with Gasteiger partial charge in [0, 0.05) is 17.2 Å². The SMILES string of the molecule is O=C(c1ccccc1)[C@@H]1CC(Cc2ccc(-c3ccccc3)cc2)N(C(=O)c2ccccc2)C1=O. The van der Waals surface area contributed by atoms with E-state index < -0.39 is 17.9 Å². The molecule has 0 spiro atoms. The summed E-state index contributed by atoms with van der Waals surface area (Å²) in [7, 11) is 0. The number of rotatable bonds is 6. The lowest BCUT2D eigenvalue weighted by Crippen LogP contribution is -2.41. The molecule has 35 heavy (non-hydrogen) atoms. The van der Waals surface area contributed by atoms with Crippen LogP contribution >= 0.6 is 0 Å². The van der Waals surface area contributed by atoms with E-state index in [1.807, 2.05) is 42.5 Å². The van der Waals surface area contributed by atoms with Gasteiger partial charge in [-0.05, 0) is 41.7 Å². The number of amides is 2. The van der Waals surface area contributed by atoms with E-state index in [4.69, 9.17) is 0 Å². The topological polar surface area (TPSA) is 54.5 Å². The van der Waals surface area contributed by atoms with Crippen LogP contribution in [0, 0.1) is 5.92 Å². The van der Waals surface area contributed by atoms with Gasteiger partial charge in [0.15, 0.2) is 5.78 Å². The Morgan fingerprint density at radius 1 is 0.657 bits per heavy atom. The standard InChI is InChI=1S/C31H25NO3/c33-29(25-12-6-2-7-13-25)28-21-27(32(31(28)35)30(34)26-14-8-3-9-15-26)20-22-16-18-24(19-17-22)23-10-4-1-5-11-23/h1-19,27-28H,20-21H2/t27?,28-/m0/s1. The van der Waals surface area contributed by atoms with Crippen LogP contribution in [0.15, 0.2) is 115 Å². The minimum Gasteiger partial charge on any atom is -0.293 e. The summed E-state index contributed by atoms with van der Waals surface area (Å²) < 4.78 is 0. The highest BCUT2D eigenvalue weighted by Gasteiger charge is 2.46. The summed E-state index contributed by atoms with van der Waals surface area (Å²) in [5.41, 5.74) is 4.18. The van der Waals surface area contributed by atoms with Gasteiger partial charge in [-0.15, -0.1) is 0 Å². The van der Waals surface area contributed by atoms with Crippen molar-refractivity contribution in [3.63, 3.8) is 0 Å². The van der Waals surface area contributed by atoms with Crippen molar-refractivity contribution in [1.82, 2.24) is 4.90 Å². The molecule has 0 radical (unpaired) electrons. The molecule has 2 atom stereocenters. The van der Waals surface area contributed by atoms with Crippen LogP contribution < -0.4 is 0 Å². The monoisotopic (exact) mass is 459 g/mol. The highest BCUT2D eigenvalue weighted by atomic mass is 16.2. The summed E-state index contributed by atoms with van der Waals surface area (Å²) in [6, 6.07) is 35.5. The summed E-state index contributed by atoms with van der Waals surface area (Å²) in [4.78, 5) is 41.4. The van der Waals surface area contributed by atoms with Gasteiger partial charge in [-0.2, -0.15) is 0 Å². The highest BCUT2D eigenvalue weighted by Crippen LogP contribution is 2.32. The number of carbonyl (C=O) groups is 3. The van der Waals surface area contributed by atoms with Crippen LogP contribution in [0.3, 0.4) is 0 Å². The second-order valence-corrected chi connectivity index (χ2v) is 8.82. The third kappa shape index (κ3) is 4.69. The summed E-state index contributed by atoms with van der Waals surface area (Å²) in [6.45, 7) is 0. The molecule has 0 N–H and O–H groups in total. The fourth-order valence-electron chi connectivity index (χ4n) is 4.75. The third-order valence-electron chi connectivity index (χ3n) is 6.56. The Labute approximate surface area is 204 Å². The van der Waals surface area contributed by atoms with E-state index in [-0.39, 0.29) is 11.7 Å². The fourth-order valence-corrected chi connectivity index (χ4v) is 4.75. The number of hydrogen-bond acceptors (Lipinski definition) is 3. The summed E-state index contributed by atoms with van der Waals surface area (Å²) in [5.74, 6) is -1.87. The number of hydrogen-bond donors (Lipinski definition) is 0. The molecule has 1 unspecified atom stereocenters. The number of nitrogens with zero attached hydrogens (tertiary/aromatic N) is 1. The fraction of sp³-hybridized carbons (Fsp3) is 0.129. The lowest BCUT2D eigenvalue weighted by Gasteiger charge is -2.23. The van der Waals surface area contributed by atoms with E-state index in [0.29, 0.717) is 24.0 Å². The van der Waals surface area contributed by atoms with Crippen molar-refractivity contribution in [1.29, 1.82) is 0 Å². The van der Waals surface area contributed by atoms with Gasteiger partial charge in [0.1, 0.15) is 5.92 Å². The van der Waals surface area contributed by atoms with E-state index in [1.165, 1.54) is 4.90 Å². The van der Waals surface area contributed by atoms with Crippen molar-refractivity contribution < 1.29 is 14.4 Å². The molecule has 1 heterocycles. The highest BCUT2D eigenvalue weighted by molar-refractivity contribution is 6.16. The average Bonchev–Trinajstić information content (AvgIpc) is 3.25. The molecule has 4 aromatic rings. The van der Waals surface area contributed by atoms with Gasteiger partial charge >= 0.3 is 0 Å². The number of imide groups is 1. The Morgan fingerprint density at radius 3 is 1.77 bits per heavy atom. The smallest absolute Gasteiger partial charge is 0.260 e. The lowest BCUT2D eigenvalue weighted by atomic mass is 9.92. The van der Waals surface area contributed by atoms with Crippen molar-refractivity contribution in [2.75, 3.05) is 0 Å². The lowest BCUT2D eigenvalue weighted by molar-refractivity contribution is -0.128. The number of Topliss-reactive ketones (excluding diaryl/α,β-unsaturated/α-hetero) is 1. The van der Waals surface area contributed by atoms with Crippen molar-refractivity contribution in [3.8, 4) is 11.1 Å². The van der Waals surface area contributed by atoms with Crippen molar-refractivity contribution >= 4 is 17.6 Å². The van der Waals surface area contributed by atoms with Gasteiger partial charge in [-0.3, -0.25) is 19.3 Å². The minimum absolute atomic E-state index is 0.233. The average molecular weight is 460 g/mol. The zero-order chi connectivity index (χ0) is 24.2. The van der Waals surface area contributed by atoms with Gasteiger partial charge in [0.05, 0.1) is 0 Å². The first-order valence-electron chi connectivity index (χ1n) is 11.8. The molecule has 4 heteroatoms. The molecule has 1 saturated heterocycles. The van der Waals surface area contributed by atoms with Crippen LogP contribution in [0.4, 0.5) is 0 Å². The van der Waals surface area contributed by atoms with Crippen molar-refractivity contribution in [2.45, 2.75) is 18.9 Å². The van der Waals surface area contributed by atoms with Gasteiger partial charge in [-0.1, -0.05) is 103 Å². The van der Waals surface area contributed by atoms with E-state index >= 15 is 0 Å². The van der Waals surface area contributed by atoms with Crippen LogP contribution in [0.1, 0.15) is 32.7 Å². The molecule has 0 bridgehead atoms. The van der Waals surface area contributed by atoms with Gasteiger partial charge in [-0.25, -0.2) is 0 Å². The largest absolute Gasteiger partial charge is 0.293 e. The van der Waals surface area contributed by atoms with E-state index in [9.17, 15) is 14.4 Å². The molecule has 5 rings (SSSR count). The molecular weight excluding hydrogens is 434 g/mol. The Bertz CT molecular complexity index is 1330. The Kier molecular flexibility index (Phi) is 6.36. The number of ketones is 1. The normalized spacial score (nSPS) is 17.4. The molecule has 4 aromatic carbocycles. The first kappa shape index (κ1) is 22.5. The molecule has 0 aromatic heterocycles. The van der Waals surface area contributed by atoms with Crippen molar-refractivity contribution in [2.24, 2.45) is 5.92 Å². The first-order chi connectivity index (χ1) is 17.1. The predicted octanol–water partition coefficient (Wildman–Crippen LogP) is 5.84. The Balaban J connectivity index is 1.43. The van der Waals surface area contributed by atoms with Crippen LogP contribution in [0.25, 0.3) is 11.1 Å². The quantitative estimate of drug-likeness (QED) is 0.207. The second kappa shape index (κ2) is 9.90. The minimum atomic E-state index is -0.862. The summed E-state index contributed by atoms with van der Waals surface area (Å²) in [6.07, 6.45) is 0.809. The van der Waals surface area contributed by atoms with Gasteiger partial charge in [0.2, 0.25) is 5.91 Å². The molecule has 172 valence electrons. The summed E-state index contributed by atoms with van der Waals surface area (Å²) >= 11 is 0. The second-order valence-electron chi connectivity index (χ2n) is 8.82. The number of carbonyl (C=O) groups excluding carboxylic acids is 3. The zero-order valence-electron chi connectivity index (χ0n) is 19.2. The molecule has 4 nitrogen and oxygen atoms in total. The molecular formula is C31H25NO3. The Morgan fingerprint density at radius 2 is 1.17 bits per heavy atom. The molecule has 2 amide bonds. The van der Waals surface area contributed by atoms with Gasteiger partial charge < -0.3 is 0 Å². The third-order valence-corrected chi connectivity index (χ3v) is 6.56. The molecule has 1 aliphatic heterocycles. The maximum Gasteiger partial charge on any atom is 0.260 e. The van der Waals surface area contributed by atoms with Crippen LogP contribution in [0.2, 0.25) is 0 Å². The maximum absolute atomic E-state index is 13.5. The molecule has 0 aliphatic carbocycles. The van der Waals surface area contributed by atoms with Crippen LogP contribution in [-0.4, -0.2) is 28.5 Å². The molecule has 0 saturated carbocycles. The Hall–Kier alpha value is -4.31. The number of likely N-dealkylation sites (tertiary alicyclic amines) is 1. The zero-order valence-corrected chi connectivity index (χ0v) is 19.2. The maximum atomic E-state index is 13.5. The molecule has 1 aliphatic rings. The molecule has 1 fully saturated rings. The van der Waals surface area contributed by atoms with Crippen LogP contribution in [0.5, 0.6) is 0 Å². The predicted molar refractivity (Wildman–Crippen MR) is 136 cm³/mol. The first-order valence-corrected chi connectivity index (χ1v) is 11.8.